The summed E-state index contributed by atoms with van der Waals surface area (Å²) in [5.41, 5.74) is -0.438. The summed E-state index contributed by atoms with van der Waals surface area (Å²) in [6.45, 7) is 3.39. The second-order valence-electron chi connectivity index (χ2n) is 9.81. The van der Waals surface area contributed by atoms with E-state index in [9.17, 15) is 18.8 Å². The predicted molar refractivity (Wildman–Crippen MR) is 159 cm³/mol. The van der Waals surface area contributed by atoms with Crippen molar-refractivity contribution < 1.29 is 18.3 Å². The lowest BCUT2D eigenvalue weighted by Gasteiger charge is -2.16. The first kappa shape index (κ1) is 29.6. The van der Waals surface area contributed by atoms with Crippen LogP contribution in [0.1, 0.15) is 35.9 Å². The summed E-state index contributed by atoms with van der Waals surface area (Å²) in [6.07, 6.45) is 8.55. The van der Waals surface area contributed by atoms with Crippen molar-refractivity contribution in [3.05, 3.63) is 123 Å². The highest BCUT2D eigenvalue weighted by molar-refractivity contribution is 6.03. The van der Waals surface area contributed by atoms with Gasteiger partial charge in [-0.2, -0.15) is 0 Å². The lowest BCUT2D eigenvalue weighted by atomic mass is 10.1. The highest BCUT2D eigenvalue weighted by Crippen LogP contribution is 2.31. The predicted octanol–water partition coefficient (Wildman–Crippen LogP) is 4.95. The van der Waals surface area contributed by atoms with E-state index in [-0.39, 0.29) is 34.9 Å². The standard InChI is InChI=1S/C31H25F2N7O4/c1-18(2)39-17-23(30(42)40(31(39)43)22-6-3-20(32)4-7-22)29(41)38-21-5-8-27(24(33)14-21)44-28-13-19(15-37-25(28)9-10-34)26-16-35-11-12-36-26/h3-8,10-18,34H,9H2,1-2H3,(H,38,41). The van der Waals surface area contributed by atoms with Crippen LogP contribution in [0.2, 0.25) is 0 Å². The normalized spacial score (nSPS) is 10.9. The number of aromatic nitrogens is 5. The number of hydrogen-bond acceptors (Lipinski definition) is 8. The van der Waals surface area contributed by atoms with Crippen LogP contribution in [0.5, 0.6) is 11.5 Å². The summed E-state index contributed by atoms with van der Waals surface area (Å²) in [6, 6.07) is 9.57. The summed E-state index contributed by atoms with van der Waals surface area (Å²) in [4.78, 5) is 52.2. The Hall–Kier alpha value is -5.85. The molecule has 0 aliphatic heterocycles. The van der Waals surface area contributed by atoms with E-state index in [1.54, 1.807) is 26.1 Å². The van der Waals surface area contributed by atoms with Crippen molar-refractivity contribution in [2.24, 2.45) is 0 Å². The molecule has 0 aliphatic rings. The smallest absolute Gasteiger partial charge is 0.335 e. The van der Waals surface area contributed by atoms with Crippen LogP contribution in [-0.2, 0) is 6.42 Å². The summed E-state index contributed by atoms with van der Waals surface area (Å²) in [7, 11) is 0. The molecule has 44 heavy (non-hydrogen) atoms. The van der Waals surface area contributed by atoms with Crippen LogP contribution in [0.25, 0.3) is 16.9 Å². The van der Waals surface area contributed by atoms with Gasteiger partial charge in [-0.05, 0) is 56.3 Å². The van der Waals surface area contributed by atoms with Crippen molar-refractivity contribution >= 4 is 17.8 Å². The number of halogens is 2. The highest BCUT2D eigenvalue weighted by atomic mass is 19.1. The maximum Gasteiger partial charge on any atom is 0.335 e. The zero-order valence-corrected chi connectivity index (χ0v) is 23.5. The lowest BCUT2D eigenvalue weighted by Crippen LogP contribution is -2.42. The monoisotopic (exact) mass is 597 g/mol. The zero-order chi connectivity index (χ0) is 31.4. The Morgan fingerprint density at radius 2 is 1.80 bits per heavy atom. The van der Waals surface area contributed by atoms with E-state index in [1.807, 2.05) is 0 Å². The molecule has 1 amide bonds. The summed E-state index contributed by atoms with van der Waals surface area (Å²) in [5.74, 6) is -2.26. The molecule has 222 valence electrons. The Labute approximate surface area is 249 Å². The van der Waals surface area contributed by atoms with Gasteiger partial charge < -0.3 is 15.5 Å². The number of anilines is 1. The van der Waals surface area contributed by atoms with Gasteiger partial charge in [-0.1, -0.05) is 0 Å². The van der Waals surface area contributed by atoms with Gasteiger partial charge in [0.2, 0.25) is 0 Å². The summed E-state index contributed by atoms with van der Waals surface area (Å²) in [5, 5.41) is 9.95. The zero-order valence-electron chi connectivity index (χ0n) is 23.5. The molecule has 0 saturated carbocycles. The molecule has 3 heterocycles. The van der Waals surface area contributed by atoms with Gasteiger partial charge in [-0.25, -0.2) is 18.1 Å². The molecule has 0 fully saturated rings. The third-order valence-corrected chi connectivity index (χ3v) is 6.49. The van der Waals surface area contributed by atoms with E-state index in [0.717, 1.165) is 35.2 Å². The molecular formula is C31H25F2N7O4. The van der Waals surface area contributed by atoms with Gasteiger partial charge in [0.25, 0.3) is 11.5 Å². The van der Waals surface area contributed by atoms with Crippen molar-refractivity contribution in [1.29, 1.82) is 5.41 Å². The molecule has 3 aromatic heterocycles. The van der Waals surface area contributed by atoms with Crippen LogP contribution in [0.4, 0.5) is 14.5 Å². The molecule has 0 radical (unpaired) electrons. The molecule has 0 saturated heterocycles. The topological polar surface area (TPSA) is 145 Å². The van der Waals surface area contributed by atoms with Gasteiger partial charge >= 0.3 is 5.69 Å². The minimum absolute atomic E-state index is 0.0148. The van der Waals surface area contributed by atoms with Crippen LogP contribution in [0.15, 0.2) is 89.1 Å². The van der Waals surface area contributed by atoms with Gasteiger partial charge in [0.1, 0.15) is 17.1 Å². The lowest BCUT2D eigenvalue weighted by molar-refractivity contribution is 0.102. The first-order valence-corrected chi connectivity index (χ1v) is 13.3. The average Bonchev–Trinajstić information content (AvgIpc) is 3.00. The Kier molecular flexibility index (Phi) is 8.47. The van der Waals surface area contributed by atoms with Crippen LogP contribution in [0, 0.1) is 17.0 Å². The molecule has 0 unspecified atom stereocenters. The number of rotatable bonds is 9. The molecule has 0 atom stereocenters. The second kappa shape index (κ2) is 12.6. The van der Waals surface area contributed by atoms with E-state index < -0.39 is 34.8 Å². The van der Waals surface area contributed by atoms with Crippen molar-refractivity contribution in [2.45, 2.75) is 26.3 Å². The molecule has 5 rings (SSSR count). The summed E-state index contributed by atoms with van der Waals surface area (Å²) >= 11 is 0. The number of hydrogen-bond donors (Lipinski definition) is 2. The second-order valence-corrected chi connectivity index (χ2v) is 9.81. The van der Waals surface area contributed by atoms with Crippen molar-refractivity contribution in [3.63, 3.8) is 0 Å². The first-order valence-electron chi connectivity index (χ1n) is 13.3. The SMILES string of the molecule is CC(C)n1cc(C(=O)Nc2ccc(Oc3cc(-c4cnccn4)cnc3CC=N)c(F)c2)c(=O)n(-c2ccc(F)cc2)c1=O. The van der Waals surface area contributed by atoms with Crippen molar-refractivity contribution in [3.8, 4) is 28.4 Å². The molecule has 0 bridgehead atoms. The summed E-state index contributed by atoms with van der Waals surface area (Å²) < 4.78 is 36.5. The largest absolute Gasteiger partial charge is 0.452 e. The average molecular weight is 598 g/mol. The third kappa shape index (κ3) is 6.16. The van der Waals surface area contributed by atoms with Crippen molar-refractivity contribution in [1.82, 2.24) is 24.1 Å². The van der Waals surface area contributed by atoms with Gasteiger partial charge in [0.15, 0.2) is 11.6 Å². The Morgan fingerprint density at radius 1 is 1.02 bits per heavy atom. The molecular weight excluding hydrogens is 572 g/mol. The van der Waals surface area contributed by atoms with E-state index >= 15 is 4.39 Å². The number of ether oxygens (including phenoxy) is 1. The fraction of sp³-hybridized carbons (Fsp3) is 0.129. The minimum atomic E-state index is -0.925. The van der Waals surface area contributed by atoms with E-state index in [2.05, 4.69) is 20.3 Å². The number of carbonyl (C=O) groups excluding carboxylic acids is 1. The van der Waals surface area contributed by atoms with Crippen molar-refractivity contribution in [2.75, 3.05) is 5.32 Å². The molecule has 2 N–H and O–H groups in total. The molecule has 0 aliphatic carbocycles. The number of amides is 1. The Balaban J connectivity index is 1.44. The maximum atomic E-state index is 15.2. The van der Waals surface area contributed by atoms with Gasteiger partial charge in [0, 0.05) is 60.8 Å². The fourth-order valence-corrected chi connectivity index (χ4v) is 4.29. The van der Waals surface area contributed by atoms with Gasteiger partial charge in [-0.3, -0.25) is 29.1 Å². The first-order chi connectivity index (χ1) is 21.2. The van der Waals surface area contributed by atoms with Crippen LogP contribution in [0.3, 0.4) is 0 Å². The number of pyridine rings is 1. The molecule has 0 spiro atoms. The van der Waals surface area contributed by atoms with Crippen LogP contribution < -0.4 is 21.3 Å². The highest BCUT2D eigenvalue weighted by Gasteiger charge is 2.21. The maximum absolute atomic E-state index is 15.2. The van der Waals surface area contributed by atoms with Crippen LogP contribution in [-0.4, -0.2) is 36.2 Å². The minimum Gasteiger partial charge on any atom is -0.452 e. The molecule has 13 heteroatoms. The molecule has 2 aromatic carbocycles. The van der Waals surface area contributed by atoms with Gasteiger partial charge in [0.05, 0.1) is 23.3 Å². The number of carbonyl (C=O) groups is 1. The Bertz CT molecular complexity index is 1970. The number of nitrogens with one attached hydrogen (secondary N) is 2. The molecule has 11 nitrogen and oxygen atoms in total. The fourth-order valence-electron chi connectivity index (χ4n) is 4.29. The third-order valence-electron chi connectivity index (χ3n) is 6.49. The number of nitrogens with zero attached hydrogens (tertiary/aromatic N) is 5. The van der Waals surface area contributed by atoms with E-state index in [0.29, 0.717) is 17.0 Å². The van der Waals surface area contributed by atoms with E-state index in [1.165, 1.54) is 47.4 Å². The Morgan fingerprint density at radius 3 is 2.45 bits per heavy atom. The molecule has 5 aromatic rings. The van der Waals surface area contributed by atoms with Gasteiger partial charge in [-0.15, -0.1) is 0 Å². The quantitative estimate of drug-likeness (QED) is 0.229. The van der Waals surface area contributed by atoms with Crippen LogP contribution >= 0.6 is 0 Å². The number of benzene rings is 2. The van der Waals surface area contributed by atoms with E-state index in [4.69, 9.17) is 10.1 Å².